The van der Waals surface area contributed by atoms with Crippen molar-refractivity contribution in [3.63, 3.8) is 0 Å². The molecule has 1 atom stereocenters. The number of carbonyl (C=O) groups excluding carboxylic acids is 1. The minimum atomic E-state index is -0.352. The van der Waals surface area contributed by atoms with Crippen LogP contribution in [0.25, 0.3) is 0 Å². The highest BCUT2D eigenvalue weighted by Crippen LogP contribution is 2.11. The third kappa shape index (κ3) is 3.41. The van der Waals surface area contributed by atoms with E-state index < -0.39 is 0 Å². The van der Waals surface area contributed by atoms with E-state index in [0.717, 1.165) is 0 Å². The molecule has 1 unspecified atom stereocenters. The highest BCUT2D eigenvalue weighted by Gasteiger charge is 2.26. The van der Waals surface area contributed by atoms with Crippen molar-refractivity contribution in [2.24, 2.45) is 0 Å². The van der Waals surface area contributed by atoms with Crippen LogP contribution in [-0.4, -0.2) is 61.1 Å². The van der Waals surface area contributed by atoms with Gasteiger partial charge in [0.1, 0.15) is 0 Å². The Kier molecular flexibility index (Phi) is 5.53. The Morgan fingerprint density at radius 1 is 1.44 bits per heavy atom. The topological polar surface area (TPSA) is 104 Å². The van der Waals surface area contributed by atoms with E-state index in [1.807, 2.05) is 6.92 Å². The predicted molar refractivity (Wildman–Crippen MR) is 63.0 cm³/mol. The molecule has 0 fully saturated rings. The highest BCUT2D eigenvalue weighted by molar-refractivity contribution is 5.96. The van der Waals surface area contributed by atoms with Gasteiger partial charge >= 0.3 is 0 Å². The van der Waals surface area contributed by atoms with Gasteiger partial charge in [-0.3, -0.25) is 4.79 Å². The smallest absolute Gasteiger partial charge is 0.280 e. The molecule has 8 nitrogen and oxygen atoms in total. The molecule has 0 radical (unpaired) electrons. The van der Waals surface area contributed by atoms with Crippen LogP contribution in [0, 0.1) is 0 Å². The van der Waals surface area contributed by atoms with Gasteiger partial charge in [0.15, 0.2) is 0 Å². The van der Waals surface area contributed by atoms with Crippen LogP contribution in [0.1, 0.15) is 17.4 Å². The number of carbonyl (C=O) groups is 1. The second-order valence-corrected chi connectivity index (χ2v) is 3.79. The first-order valence-corrected chi connectivity index (χ1v) is 5.48. The van der Waals surface area contributed by atoms with Crippen LogP contribution in [0.15, 0.2) is 4.63 Å². The number of hydrogen-bond acceptors (Lipinski definition) is 7. The average Bonchev–Trinajstić information content (AvgIpc) is 2.76. The van der Waals surface area contributed by atoms with Gasteiger partial charge < -0.3 is 20.1 Å². The zero-order chi connectivity index (χ0) is 13.5. The lowest BCUT2D eigenvalue weighted by Gasteiger charge is -2.27. The molecule has 0 saturated carbocycles. The minimum Gasteiger partial charge on any atom is -0.383 e. The first-order valence-electron chi connectivity index (χ1n) is 5.48. The molecule has 2 N–H and O–H groups in total. The predicted octanol–water partition coefficient (Wildman–Crippen LogP) is -0.225. The fraction of sp³-hybridized carbons (Fsp3) is 0.700. The molecule has 0 aliphatic heterocycles. The number of ether oxygens (including phenoxy) is 2. The molecule has 0 aromatic carbocycles. The molecular formula is C10H18N4O4. The quantitative estimate of drug-likeness (QED) is 0.720. The van der Waals surface area contributed by atoms with Crippen LogP contribution >= 0.6 is 0 Å². The van der Waals surface area contributed by atoms with Crippen molar-refractivity contribution in [2.75, 3.05) is 39.7 Å². The molecule has 0 bridgehead atoms. The minimum absolute atomic E-state index is 0.00839. The number of aromatic nitrogens is 2. The molecule has 1 heterocycles. The van der Waals surface area contributed by atoms with Crippen molar-refractivity contribution in [1.82, 2.24) is 15.2 Å². The van der Waals surface area contributed by atoms with Crippen LogP contribution in [0.3, 0.4) is 0 Å². The van der Waals surface area contributed by atoms with E-state index >= 15 is 0 Å². The molecule has 0 aliphatic rings. The van der Waals surface area contributed by atoms with E-state index in [1.165, 1.54) is 0 Å². The van der Waals surface area contributed by atoms with Gasteiger partial charge in [-0.15, -0.1) is 0 Å². The van der Waals surface area contributed by atoms with Crippen molar-refractivity contribution in [1.29, 1.82) is 0 Å². The van der Waals surface area contributed by atoms with Crippen LogP contribution in [0.5, 0.6) is 0 Å². The van der Waals surface area contributed by atoms with Gasteiger partial charge in [-0.25, -0.2) is 4.63 Å². The van der Waals surface area contributed by atoms with Gasteiger partial charge in [0.05, 0.1) is 19.3 Å². The van der Waals surface area contributed by atoms with Crippen LogP contribution in [0.4, 0.5) is 5.82 Å². The fourth-order valence-electron chi connectivity index (χ4n) is 1.52. The van der Waals surface area contributed by atoms with E-state index in [9.17, 15) is 4.79 Å². The second-order valence-electron chi connectivity index (χ2n) is 3.79. The number of nitrogens with zero attached hydrogens (tertiary/aromatic N) is 3. The van der Waals surface area contributed by atoms with Crippen LogP contribution < -0.4 is 5.73 Å². The lowest BCUT2D eigenvalue weighted by molar-refractivity contribution is 0.0471. The van der Waals surface area contributed by atoms with Crippen molar-refractivity contribution < 1.29 is 18.9 Å². The Labute approximate surface area is 105 Å². The number of nitrogen functional groups attached to an aromatic ring is 1. The Morgan fingerprint density at radius 3 is 2.67 bits per heavy atom. The SMILES string of the molecule is COCCN(C(=O)c1nonc1N)C(C)COC. The highest BCUT2D eigenvalue weighted by atomic mass is 16.6. The summed E-state index contributed by atoms with van der Waals surface area (Å²) < 4.78 is 14.4. The third-order valence-corrected chi connectivity index (χ3v) is 2.45. The van der Waals surface area contributed by atoms with Gasteiger partial charge in [-0.05, 0) is 17.2 Å². The second kappa shape index (κ2) is 6.92. The van der Waals surface area contributed by atoms with Crippen molar-refractivity contribution in [3.8, 4) is 0 Å². The number of amides is 1. The van der Waals surface area contributed by atoms with Gasteiger partial charge in [0, 0.05) is 20.8 Å². The first kappa shape index (κ1) is 14.4. The Morgan fingerprint density at radius 2 is 2.17 bits per heavy atom. The maximum Gasteiger partial charge on any atom is 0.280 e. The molecule has 1 rings (SSSR count). The zero-order valence-corrected chi connectivity index (χ0v) is 10.8. The molecular weight excluding hydrogens is 240 g/mol. The number of methoxy groups -OCH3 is 2. The van der Waals surface area contributed by atoms with Crippen molar-refractivity contribution in [3.05, 3.63) is 5.69 Å². The Balaban J connectivity index is 2.81. The summed E-state index contributed by atoms with van der Waals surface area (Å²) in [6, 6.07) is -0.131. The zero-order valence-electron chi connectivity index (χ0n) is 10.8. The summed E-state index contributed by atoms with van der Waals surface area (Å²) in [5.74, 6) is -0.373. The number of hydrogen-bond donors (Lipinski definition) is 1. The third-order valence-electron chi connectivity index (χ3n) is 2.45. The van der Waals surface area contributed by atoms with E-state index in [2.05, 4.69) is 14.9 Å². The molecule has 8 heteroatoms. The Hall–Kier alpha value is -1.67. The number of anilines is 1. The van der Waals surface area contributed by atoms with Crippen LogP contribution in [-0.2, 0) is 9.47 Å². The summed E-state index contributed by atoms with van der Waals surface area (Å²) in [6.07, 6.45) is 0. The fourth-order valence-corrected chi connectivity index (χ4v) is 1.52. The molecule has 18 heavy (non-hydrogen) atoms. The lowest BCUT2D eigenvalue weighted by atomic mass is 10.2. The maximum absolute atomic E-state index is 12.2. The monoisotopic (exact) mass is 258 g/mol. The maximum atomic E-state index is 12.2. The molecule has 1 aromatic rings. The Bertz CT molecular complexity index is 382. The summed E-state index contributed by atoms with van der Waals surface area (Å²) in [4.78, 5) is 13.8. The van der Waals surface area contributed by atoms with Crippen molar-refractivity contribution in [2.45, 2.75) is 13.0 Å². The van der Waals surface area contributed by atoms with Crippen LogP contribution in [0.2, 0.25) is 0 Å². The van der Waals surface area contributed by atoms with Gasteiger partial charge in [0.2, 0.25) is 11.5 Å². The summed E-state index contributed by atoms with van der Waals surface area (Å²) in [5.41, 5.74) is 5.51. The normalized spacial score (nSPS) is 12.4. The van der Waals surface area contributed by atoms with Gasteiger partial charge in [-0.2, -0.15) is 0 Å². The largest absolute Gasteiger partial charge is 0.383 e. The molecule has 0 saturated heterocycles. The number of rotatable bonds is 7. The number of nitrogens with two attached hydrogens (primary N) is 1. The molecule has 1 aromatic heterocycles. The van der Waals surface area contributed by atoms with E-state index in [-0.39, 0.29) is 23.5 Å². The summed E-state index contributed by atoms with van der Waals surface area (Å²) in [5, 5.41) is 6.89. The van der Waals surface area contributed by atoms with Gasteiger partial charge in [0.25, 0.3) is 5.91 Å². The molecule has 102 valence electrons. The van der Waals surface area contributed by atoms with Crippen molar-refractivity contribution >= 4 is 11.7 Å². The molecule has 0 spiro atoms. The van der Waals surface area contributed by atoms with E-state index in [0.29, 0.717) is 19.8 Å². The summed E-state index contributed by atoms with van der Waals surface area (Å²) in [6.45, 7) is 3.08. The lowest BCUT2D eigenvalue weighted by Crippen LogP contribution is -2.43. The summed E-state index contributed by atoms with van der Waals surface area (Å²) >= 11 is 0. The first-order chi connectivity index (χ1) is 8.61. The molecule has 1 amide bonds. The van der Waals surface area contributed by atoms with E-state index in [1.54, 1.807) is 19.1 Å². The van der Waals surface area contributed by atoms with Gasteiger partial charge in [-0.1, -0.05) is 0 Å². The summed E-state index contributed by atoms with van der Waals surface area (Å²) in [7, 11) is 3.14. The standard InChI is InChI=1S/C10H18N4O4/c1-7(6-17-3)14(4-5-16-2)10(15)8-9(11)13-18-12-8/h7H,4-6H2,1-3H3,(H2,11,13). The average molecular weight is 258 g/mol. The van der Waals surface area contributed by atoms with E-state index in [4.69, 9.17) is 15.2 Å². The molecule has 0 aliphatic carbocycles.